The Balaban J connectivity index is 1.88. The van der Waals surface area contributed by atoms with Gasteiger partial charge in [-0.1, -0.05) is 44.2 Å². The first-order valence-corrected chi connectivity index (χ1v) is 6.74. The lowest BCUT2D eigenvalue weighted by atomic mass is 10.1. The van der Waals surface area contributed by atoms with Crippen LogP contribution in [0.4, 0.5) is 0 Å². The van der Waals surface area contributed by atoms with E-state index in [9.17, 15) is 0 Å². The van der Waals surface area contributed by atoms with Gasteiger partial charge in [0.1, 0.15) is 0 Å². The summed E-state index contributed by atoms with van der Waals surface area (Å²) in [6, 6.07) is 10.7. The Kier molecular flexibility index (Phi) is 7.69. The van der Waals surface area contributed by atoms with Gasteiger partial charge in [-0.25, -0.2) is 0 Å². The van der Waals surface area contributed by atoms with E-state index >= 15 is 0 Å². The number of benzene rings is 1. The van der Waals surface area contributed by atoms with E-state index in [1.165, 1.54) is 18.4 Å². The quantitative estimate of drug-likeness (QED) is 0.641. The van der Waals surface area contributed by atoms with Gasteiger partial charge in [0.25, 0.3) is 0 Å². The van der Waals surface area contributed by atoms with Crippen LogP contribution in [0.3, 0.4) is 0 Å². The fraction of sp³-hybridized carbons (Fsp3) is 0.600. The second-order valence-electron chi connectivity index (χ2n) is 4.94. The molecule has 1 aromatic rings. The molecule has 0 saturated carbocycles. The lowest BCUT2D eigenvalue weighted by molar-refractivity contribution is 0.532. The van der Waals surface area contributed by atoms with Crippen LogP contribution in [-0.2, 0) is 6.42 Å². The number of hydrogen-bond acceptors (Lipinski definition) is 2. The molecule has 0 radical (unpaired) electrons. The molecule has 17 heavy (non-hydrogen) atoms. The highest BCUT2D eigenvalue weighted by atomic mass is 14.9. The number of aryl methyl sites for hydroxylation is 1. The lowest BCUT2D eigenvalue weighted by Gasteiger charge is -2.08. The highest BCUT2D eigenvalue weighted by Crippen LogP contribution is 2.01. The summed E-state index contributed by atoms with van der Waals surface area (Å²) in [4.78, 5) is 0. The molecule has 0 heterocycles. The molecule has 0 fully saturated rings. The van der Waals surface area contributed by atoms with Crippen LogP contribution < -0.4 is 10.6 Å². The molecular weight excluding hydrogens is 208 g/mol. The molecule has 0 unspecified atom stereocenters. The van der Waals surface area contributed by atoms with E-state index in [1.807, 2.05) is 0 Å². The Morgan fingerprint density at radius 3 is 2.35 bits per heavy atom. The summed E-state index contributed by atoms with van der Waals surface area (Å²) in [6.45, 7) is 8.84. The zero-order valence-electron chi connectivity index (χ0n) is 11.2. The van der Waals surface area contributed by atoms with Gasteiger partial charge in [0.15, 0.2) is 0 Å². The van der Waals surface area contributed by atoms with Crippen molar-refractivity contribution in [3.63, 3.8) is 0 Å². The molecule has 0 aromatic heterocycles. The minimum absolute atomic E-state index is 0.744. The highest BCUT2D eigenvalue weighted by Gasteiger charge is 1.93. The van der Waals surface area contributed by atoms with Crippen LogP contribution in [0, 0.1) is 5.92 Å². The van der Waals surface area contributed by atoms with Crippen LogP contribution in [0.1, 0.15) is 25.8 Å². The van der Waals surface area contributed by atoms with Crippen molar-refractivity contribution >= 4 is 0 Å². The van der Waals surface area contributed by atoms with Crippen molar-refractivity contribution in [2.75, 3.05) is 26.2 Å². The third-order valence-corrected chi connectivity index (χ3v) is 2.69. The maximum Gasteiger partial charge on any atom is 0.00768 e. The van der Waals surface area contributed by atoms with Crippen LogP contribution in [0.15, 0.2) is 30.3 Å². The van der Waals surface area contributed by atoms with Crippen molar-refractivity contribution in [1.29, 1.82) is 0 Å². The maximum atomic E-state index is 3.47. The molecule has 0 amide bonds. The predicted octanol–water partition coefficient (Wildman–Crippen LogP) is 2.45. The van der Waals surface area contributed by atoms with Crippen molar-refractivity contribution in [1.82, 2.24) is 10.6 Å². The minimum Gasteiger partial charge on any atom is -0.315 e. The van der Waals surface area contributed by atoms with E-state index < -0.39 is 0 Å². The maximum absolute atomic E-state index is 3.47. The topological polar surface area (TPSA) is 24.1 Å². The van der Waals surface area contributed by atoms with E-state index in [-0.39, 0.29) is 0 Å². The zero-order chi connectivity index (χ0) is 12.3. The monoisotopic (exact) mass is 234 g/mol. The van der Waals surface area contributed by atoms with Gasteiger partial charge in [-0.15, -0.1) is 0 Å². The van der Waals surface area contributed by atoms with Gasteiger partial charge in [0.2, 0.25) is 0 Å². The Labute approximate surface area is 106 Å². The molecule has 1 aromatic carbocycles. The van der Waals surface area contributed by atoms with Gasteiger partial charge in [-0.05, 0) is 37.4 Å². The normalized spacial score (nSPS) is 11.0. The first-order chi connectivity index (χ1) is 8.29. The number of nitrogens with one attached hydrogen (secondary N) is 2. The van der Waals surface area contributed by atoms with Gasteiger partial charge < -0.3 is 10.6 Å². The summed E-state index contributed by atoms with van der Waals surface area (Å²) < 4.78 is 0. The largest absolute Gasteiger partial charge is 0.315 e. The second-order valence-corrected chi connectivity index (χ2v) is 4.94. The molecule has 96 valence electrons. The fourth-order valence-electron chi connectivity index (χ4n) is 1.75. The van der Waals surface area contributed by atoms with Gasteiger partial charge in [0.05, 0.1) is 0 Å². The van der Waals surface area contributed by atoms with Crippen LogP contribution in [0.2, 0.25) is 0 Å². The summed E-state index contributed by atoms with van der Waals surface area (Å²) >= 11 is 0. The SMILES string of the molecule is CC(C)CNCCNCCCc1ccccc1. The smallest absolute Gasteiger partial charge is 0.00768 e. The molecule has 0 atom stereocenters. The number of rotatable bonds is 9. The molecule has 0 saturated heterocycles. The molecule has 0 aliphatic heterocycles. The zero-order valence-corrected chi connectivity index (χ0v) is 11.2. The Hall–Kier alpha value is -0.860. The molecule has 2 N–H and O–H groups in total. The Morgan fingerprint density at radius 2 is 1.65 bits per heavy atom. The summed E-state index contributed by atoms with van der Waals surface area (Å²) in [6.07, 6.45) is 2.39. The summed E-state index contributed by atoms with van der Waals surface area (Å²) in [5.41, 5.74) is 1.44. The van der Waals surface area contributed by atoms with Crippen LogP contribution in [-0.4, -0.2) is 26.2 Å². The fourth-order valence-corrected chi connectivity index (χ4v) is 1.75. The third-order valence-electron chi connectivity index (χ3n) is 2.69. The standard InChI is InChI=1S/C15H26N2/c1-14(2)13-17-12-11-16-10-6-9-15-7-4-3-5-8-15/h3-5,7-8,14,16-17H,6,9-13H2,1-2H3. The van der Waals surface area contributed by atoms with Crippen LogP contribution in [0.5, 0.6) is 0 Å². The van der Waals surface area contributed by atoms with E-state index in [1.54, 1.807) is 0 Å². The summed E-state index contributed by atoms with van der Waals surface area (Å²) in [5.74, 6) is 0.744. The molecule has 2 heteroatoms. The van der Waals surface area contributed by atoms with Crippen molar-refractivity contribution < 1.29 is 0 Å². The van der Waals surface area contributed by atoms with Crippen molar-refractivity contribution in [2.24, 2.45) is 5.92 Å². The third kappa shape index (κ3) is 7.94. The molecule has 0 spiro atoms. The van der Waals surface area contributed by atoms with Crippen LogP contribution in [0.25, 0.3) is 0 Å². The molecule has 0 aliphatic rings. The summed E-state index contributed by atoms with van der Waals surface area (Å²) in [7, 11) is 0. The predicted molar refractivity (Wildman–Crippen MR) is 75.3 cm³/mol. The van der Waals surface area contributed by atoms with Gasteiger partial charge in [0, 0.05) is 13.1 Å². The second kappa shape index (κ2) is 9.20. The van der Waals surface area contributed by atoms with E-state index in [0.29, 0.717) is 0 Å². The van der Waals surface area contributed by atoms with E-state index in [2.05, 4.69) is 54.8 Å². The minimum atomic E-state index is 0.744. The van der Waals surface area contributed by atoms with Gasteiger partial charge in [-0.3, -0.25) is 0 Å². The highest BCUT2D eigenvalue weighted by molar-refractivity contribution is 5.14. The van der Waals surface area contributed by atoms with Crippen molar-refractivity contribution in [3.8, 4) is 0 Å². The van der Waals surface area contributed by atoms with E-state index in [4.69, 9.17) is 0 Å². The average molecular weight is 234 g/mol. The molecule has 2 nitrogen and oxygen atoms in total. The summed E-state index contributed by atoms with van der Waals surface area (Å²) in [5, 5.41) is 6.90. The molecule has 0 aliphatic carbocycles. The first kappa shape index (κ1) is 14.2. The van der Waals surface area contributed by atoms with Gasteiger partial charge in [-0.2, -0.15) is 0 Å². The van der Waals surface area contributed by atoms with Crippen molar-refractivity contribution in [2.45, 2.75) is 26.7 Å². The van der Waals surface area contributed by atoms with E-state index in [0.717, 1.165) is 32.1 Å². The molecule has 0 bridgehead atoms. The average Bonchev–Trinajstić information content (AvgIpc) is 2.33. The Morgan fingerprint density at radius 1 is 0.941 bits per heavy atom. The first-order valence-electron chi connectivity index (χ1n) is 6.74. The molecular formula is C15H26N2. The van der Waals surface area contributed by atoms with Gasteiger partial charge >= 0.3 is 0 Å². The van der Waals surface area contributed by atoms with Crippen LogP contribution >= 0.6 is 0 Å². The molecule has 1 rings (SSSR count). The van der Waals surface area contributed by atoms with Crippen molar-refractivity contribution in [3.05, 3.63) is 35.9 Å². The number of hydrogen-bond donors (Lipinski definition) is 2. The Bertz CT molecular complexity index is 270. The lowest BCUT2D eigenvalue weighted by Crippen LogP contribution is -2.30.